The van der Waals surface area contributed by atoms with Gasteiger partial charge in [0.05, 0.1) is 11.5 Å². The van der Waals surface area contributed by atoms with Gasteiger partial charge in [0, 0.05) is 24.7 Å². The fourth-order valence-corrected chi connectivity index (χ4v) is 5.10. The molecule has 2 fully saturated rings. The largest absolute Gasteiger partial charge is 0.351 e. The Morgan fingerprint density at radius 1 is 1.28 bits per heavy atom. The van der Waals surface area contributed by atoms with E-state index in [9.17, 15) is 18.0 Å². The summed E-state index contributed by atoms with van der Waals surface area (Å²) in [6.45, 7) is 0.326. The number of halogens is 1. The molecule has 25 heavy (non-hydrogen) atoms. The first kappa shape index (κ1) is 18.2. The van der Waals surface area contributed by atoms with Crippen molar-refractivity contribution in [2.24, 2.45) is 5.41 Å². The summed E-state index contributed by atoms with van der Waals surface area (Å²) in [5.74, 6) is -0.480. The lowest BCUT2D eigenvalue weighted by Crippen LogP contribution is -2.47. The number of nitrogens with one attached hydrogen (secondary N) is 1. The molecule has 8 heteroatoms. The first-order valence-corrected chi connectivity index (χ1v) is 10.4. The highest BCUT2D eigenvalue weighted by molar-refractivity contribution is 7.91. The fraction of sp³-hybridized carbons (Fsp3) is 0.529. The lowest BCUT2D eigenvalue weighted by Gasteiger charge is -2.27. The number of benzene rings is 1. The second-order valence-corrected chi connectivity index (χ2v) is 9.53. The van der Waals surface area contributed by atoms with Gasteiger partial charge in [-0.25, -0.2) is 8.42 Å². The maximum atomic E-state index is 12.8. The molecule has 1 aliphatic carbocycles. The normalized spacial score (nSPS) is 23.0. The standard InChI is InChI=1S/C17H21ClN2O4S/c1-20(14-6-9-25(23,24)11-14)16(22)17(7-8-17)15(21)19-10-12-2-4-13(18)5-3-12/h2-5,14H,6-11H2,1H3,(H,19,21). The number of amides is 2. The van der Waals surface area contributed by atoms with Gasteiger partial charge in [-0.3, -0.25) is 9.59 Å². The molecule has 0 radical (unpaired) electrons. The zero-order valence-electron chi connectivity index (χ0n) is 14.0. The first-order chi connectivity index (χ1) is 11.7. The molecule has 1 heterocycles. The maximum absolute atomic E-state index is 12.8. The molecule has 1 unspecified atom stereocenters. The molecule has 1 atom stereocenters. The second kappa shape index (κ2) is 6.61. The van der Waals surface area contributed by atoms with Gasteiger partial charge < -0.3 is 10.2 Å². The van der Waals surface area contributed by atoms with Crippen LogP contribution in [0.15, 0.2) is 24.3 Å². The Balaban J connectivity index is 1.61. The van der Waals surface area contributed by atoms with E-state index < -0.39 is 15.3 Å². The smallest absolute Gasteiger partial charge is 0.238 e. The number of sulfone groups is 1. The Morgan fingerprint density at radius 3 is 2.44 bits per heavy atom. The molecule has 1 aliphatic heterocycles. The third-order valence-corrected chi connectivity index (χ3v) is 7.04. The number of rotatable bonds is 5. The van der Waals surface area contributed by atoms with Crippen LogP contribution in [0.2, 0.25) is 5.02 Å². The monoisotopic (exact) mass is 384 g/mol. The molecule has 0 aromatic heterocycles. The molecule has 0 spiro atoms. The highest BCUT2D eigenvalue weighted by atomic mass is 35.5. The van der Waals surface area contributed by atoms with Gasteiger partial charge in [-0.05, 0) is 37.0 Å². The van der Waals surface area contributed by atoms with Gasteiger partial charge in [-0.2, -0.15) is 0 Å². The van der Waals surface area contributed by atoms with E-state index in [1.165, 1.54) is 4.90 Å². The van der Waals surface area contributed by atoms with E-state index in [2.05, 4.69) is 5.32 Å². The van der Waals surface area contributed by atoms with Crippen LogP contribution in [-0.4, -0.2) is 49.7 Å². The lowest BCUT2D eigenvalue weighted by molar-refractivity contribution is -0.144. The summed E-state index contributed by atoms with van der Waals surface area (Å²) in [4.78, 5) is 26.8. The van der Waals surface area contributed by atoms with Crippen LogP contribution in [-0.2, 0) is 26.0 Å². The molecule has 1 aromatic carbocycles. The molecule has 3 rings (SSSR count). The van der Waals surface area contributed by atoms with Crippen LogP contribution >= 0.6 is 11.6 Å². The van der Waals surface area contributed by atoms with Crippen molar-refractivity contribution in [2.45, 2.75) is 31.8 Å². The minimum absolute atomic E-state index is 0.0162. The Bertz CT molecular complexity index is 787. The molecule has 1 saturated carbocycles. The number of carbonyl (C=O) groups is 2. The molecule has 0 bridgehead atoms. The van der Waals surface area contributed by atoms with Crippen molar-refractivity contribution in [2.75, 3.05) is 18.6 Å². The SMILES string of the molecule is CN(C(=O)C1(C(=O)NCc2ccc(Cl)cc2)CC1)C1CCS(=O)(=O)C1. The van der Waals surface area contributed by atoms with Gasteiger partial charge in [0.1, 0.15) is 5.41 Å². The summed E-state index contributed by atoms with van der Waals surface area (Å²) in [5, 5.41) is 3.44. The van der Waals surface area contributed by atoms with Gasteiger partial charge in [-0.15, -0.1) is 0 Å². The fourth-order valence-electron chi connectivity index (χ4n) is 3.20. The summed E-state index contributed by atoms with van der Waals surface area (Å²) in [5.41, 5.74) is -0.135. The maximum Gasteiger partial charge on any atom is 0.238 e. The highest BCUT2D eigenvalue weighted by Gasteiger charge is 2.58. The van der Waals surface area contributed by atoms with E-state index >= 15 is 0 Å². The Kier molecular flexibility index (Phi) is 4.81. The van der Waals surface area contributed by atoms with E-state index in [1.54, 1.807) is 19.2 Å². The Hall–Kier alpha value is -1.60. The van der Waals surface area contributed by atoms with Crippen molar-refractivity contribution < 1.29 is 18.0 Å². The van der Waals surface area contributed by atoms with Crippen molar-refractivity contribution in [3.05, 3.63) is 34.9 Å². The summed E-state index contributed by atoms with van der Waals surface area (Å²) < 4.78 is 23.2. The van der Waals surface area contributed by atoms with Crippen LogP contribution in [0.5, 0.6) is 0 Å². The van der Waals surface area contributed by atoms with Crippen LogP contribution in [0.3, 0.4) is 0 Å². The van der Waals surface area contributed by atoms with Gasteiger partial charge in [0.25, 0.3) is 0 Å². The average molecular weight is 385 g/mol. The van der Waals surface area contributed by atoms with E-state index in [0.29, 0.717) is 30.8 Å². The summed E-state index contributed by atoms with van der Waals surface area (Å²) >= 11 is 5.84. The molecule has 136 valence electrons. The van der Waals surface area contributed by atoms with Crippen LogP contribution in [0.4, 0.5) is 0 Å². The topological polar surface area (TPSA) is 83.6 Å². The molecule has 1 saturated heterocycles. The first-order valence-electron chi connectivity index (χ1n) is 8.24. The van der Waals surface area contributed by atoms with Gasteiger partial charge in [0.2, 0.25) is 11.8 Å². The molecular formula is C17H21ClN2O4S. The van der Waals surface area contributed by atoms with Crippen molar-refractivity contribution in [1.82, 2.24) is 10.2 Å². The van der Waals surface area contributed by atoms with E-state index in [4.69, 9.17) is 11.6 Å². The number of hydrogen-bond donors (Lipinski definition) is 1. The van der Waals surface area contributed by atoms with Crippen LogP contribution < -0.4 is 5.32 Å². The Labute approximate surface area is 152 Å². The minimum Gasteiger partial charge on any atom is -0.351 e. The molecule has 6 nitrogen and oxygen atoms in total. The lowest BCUT2D eigenvalue weighted by atomic mass is 10.0. The third kappa shape index (κ3) is 3.82. The highest BCUT2D eigenvalue weighted by Crippen LogP contribution is 2.48. The summed E-state index contributed by atoms with van der Waals surface area (Å²) in [6.07, 6.45) is 1.44. The van der Waals surface area contributed by atoms with Crippen LogP contribution in [0, 0.1) is 5.41 Å². The predicted molar refractivity (Wildman–Crippen MR) is 94.8 cm³/mol. The van der Waals surface area contributed by atoms with E-state index in [1.807, 2.05) is 12.1 Å². The zero-order chi connectivity index (χ0) is 18.2. The second-order valence-electron chi connectivity index (χ2n) is 6.86. The van der Waals surface area contributed by atoms with Crippen LogP contribution in [0.1, 0.15) is 24.8 Å². The summed E-state index contributed by atoms with van der Waals surface area (Å²) in [6, 6.07) is 6.79. The van der Waals surface area contributed by atoms with Crippen molar-refractivity contribution >= 4 is 33.3 Å². The predicted octanol–water partition coefficient (Wildman–Crippen LogP) is 1.38. The number of carbonyl (C=O) groups excluding carboxylic acids is 2. The molecule has 2 aliphatic rings. The van der Waals surface area contributed by atoms with Crippen molar-refractivity contribution in [3.63, 3.8) is 0 Å². The third-order valence-electron chi connectivity index (χ3n) is 5.04. The quantitative estimate of drug-likeness (QED) is 0.777. The van der Waals surface area contributed by atoms with E-state index in [-0.39, 0.29) is 29.4 Å². The van der Waals surface area contributed by atoms with Crippen molar-refractivity contribution in [1.29, 1.82) is 0 Å². The van der Waals surface area contributed by atoms with Gasteiger partial charge in [0.15, 0.2) is 9.84 Å². The van der Waals surface area contributed by atoms with Crippen LogP contribution in [0.25, 0.3) is 0 Å². The number of hydrogen-bond acceptors (Lipinski definition) is 4. The van der Waals surface area contributed by atoms with Gasteiger partial charge in [-0.1, -0.05) is 23.7 Å². The average Bonchev–Trinajstić information content (AvgIpc) is 3.31. The zero-order valence-corrected chi connectivity index (χ0v) is 15.6. The molecule has 1 N–H and O–H groups in total. The number of nitrogens with zero attached hydrogens (tertiary/aromatic N) is 1. The molecular weight excluding hydrogens is 364 g/mol. The Morgan fingerprint density at radius 2 is 1.92 bits per heavy atom. The van der Waals surface area contributed by atoms with Crippen molar-refractivity contribution in [3.8, 4) is 0 Å². The summed E-state index contributed by atoms with van der Waals surface area (Å²) in [7, 11) is -1.48. The van der Waals surface area contributed by atoms with E-state index in [0.717, 1.165) is 5.56 Å². The van der Waals surface area contributed by atoms with Gasteiger partial charge >= 0.3 is 0 Å². The molecule has 2 amide bonds. The molecule has 1 aromatic rings. The minimum atomic E-state index is -3.07.